The highest BCUT2D eigenvalue weighted by Crippen LogP contribution is 2.25. The van der Waals surface area contributed by atoms with E-state index < -0.39 is 11.7 Å². The molecular formula is C20H15FN6O2. The molecule has 0 unspecified atom stereocenters. The minimum absolute atomic E-state index is 0.000750. The van der Waals surface area contributed by atoms with Gasteiger partial charge in [0.2, 0.25) is 17.7 Å². The number of benzene rings is 2. The zero-order valence-corrected chi connectivity index (χ0v) is 15.0. The van der Waals surface area contributed by atoms with Gasteiger partial charge in [-0.1, -0.05) is 6.07 Å². The predicted octanol–water partition coefficient (Wildman–Crippen LogP) is 3.86. The molecule has 2 aromatic heterocycles. The van der Waals surface area contributed by atoms with Crippen LogP contribution in [0.25, 0.3) is 11.5 Å². The second kappa shape index (κ2) is 7.77. The van der Waals surface area contributed by atoms with E-state index in [1.807, 2.05) is 6.07 Å². The smallest absolute Gasteiger partial charge is 0.248 e. The lowest BCUT2D eigenvalue weighted by Crippen LogP contribution is -2.10. The van der Waals surface area contributed by atoms with E-state index in [4.69, 9.17) is 10.2 Å². The van der Waals surface area contributed by atoms with E-state index in [-0.39, 0.29) is 11.8 Å². The first-order valence-corrected chi connectivity index (χ1v) is 8.55. The second-order valence-electron chi connectivity index (χ2n) is 6.00. The van der Waals surface area contributed by atoms with Gasteiger partial charge in [0.15, 0.2) is 11.6 Å². The summed E-state index contributed by atoms with van der Waals surface area (Å²) in [6.45, 7) is 0. The maximum Gasteiger partial charge on any atom is 0.248 e. The number of amides is 1. The van der Waals surface area contributed by atoms with Gasteiger partial charge in [-0.05, 0) is 42.5 Å². The van der Waals surface area contributed by atoms with Gasteiger partial charge in [0.1, 0.15) is 6.26 Å². The second-order valence-corrected chi connectivity index (χ2v) is 6.00. The highest BCUT2D eigenvalue weighted by molar-refractivity contribution is 5.93. The molecule has 2 heterocycles. The number of rotatable bonds is 6. The van der Waals surface area contributed by atoms with Crippen LogP contribution in [-0.4, -0.2) is 20.9 Å². The molecule has 0 fully saturated rings. The van der Waals surface area contributed by atoms with Crippen LogP contribution in [0.3, 0.4) is 0 Å². The van der Waals surface area contributed by atoms with E-state index in [2.05, 4.69) is 25.6 Å². The maximum atomic E-state index is 14.2. The van der Waals surface area contributed by atoms with Gasteiger partial charge in [-0.25, -0.2) is 14.4 Å². The van der Waals surface area contributed by atoms with Crippen LogP contribution in [-0.2, 0) is 0 Å². The molecule has 0 atom stereocenters. The van der Waals surface area contributed by atoms with Crippen LogP contribution < -0.4 is 16.4 Å². The van der Waals surface area contributed by atoms with Crippen LogP contribution >= 0.6 is 0 Å². The molecule has 0 aliphatic rings. The summed E-state index contributed by atoms with van der Waals surface area (Å²) in [6, 6.07) is 13.6. The number of halogens is 1. The number of nitrogens with zero attached hydrogens (tertiary/aromatic N) is 3. The van der Waals surface area contributed by atoms with Crippen molar-refractivity contribution >= 4 is 29.0 Å². The van der Waals surface area contributed by atoms with Crippen LogP contribution in [0.4, 0.5) is 27.5 Å². The first-order chi connectivity index (χ1) is 14.1. The van der Waals surface area contributed by atoms with Crippen molar-refractivity contribution in [3.8, 4) is 11.5 Å². The van der Waals surface area contributed by atoms with Crippen molar-refractivity contribution in [1.82, 2.24) is 15.0 Å². The molecule has 0 spiro atoms. The normalized spacial score (nSPS) is 10.5. The quantitative estimate of drug-likeness (QED) is 0.457. The molecule has 0 aliphatic heterocycles. The van der Waals surface area contributed by atoms with Gasteiger partial charge in [0.25, 0.3) is 0 Å². The molecule has 1 amide bonds. The van der Waals surface area contributed by atoms with Crippen LogP contribution in [0.1, 0.15) is 10.4 Å². The Labute approximate surface area is 164 Å². The van der Waals surface area contributed by atoms with Gasteiger partial charge in [-0.15, -0.1) is 0 Å². The van der Waals surface area contributed by atoms with Gasteiger partial charge >= 0.3 is 0 Å². The summed E-state index contributed by atoms with van der Waals surface area (Å²) < 4.78 is 19.5. The van der Waals surface area contributed by atoms with Crippen LogP contribution in [0.2, 0.25) is 0 Å². The molecule has 0 saturated carbocycles. The number of hydrogen-bond acceptors (Lipinski definition) is 7. The minimum Gasteiger partial charge on any atom is -0.445 e. The highest BCUT2D eigenvalue weighted by atomic mass is 19.1. The average molecular weight is 390 g/mol. The van der Waals surface area contributed by atoms with Crippen molar-refractivity contribution in [2.24, 2.45) is 5.73 Å². The Balaban J connectivity index is 1.54. The lowest BCUT2D eigenvalue weighted by molar-refractivity contribution is 0.100. The molecule has 2 aromatic carbocycles. The summed E-state index contributed by atoms with van der Waals surface area (Å²) >= 11 is 0. The number of oxazole rings is 1. The fraction of sp³-hybridized carbons (Fsp3) is 0. The number of primary amides is 1. The Morgan fingerprint density at radius 3 is 2.59 bits per heavy atom. The van der Waals surface area contributed by atoms with Gasteiger partial charge in [-0.2, -0.15) is 4.98 Å². The van der Waals surface area contributed by atoms with E-state index in [0.717, 1.165) is 11.8 Å². The summed E-state index contributed by atoms with van der Waals surface area (Å²) in [5.74, 6) is -0.488. The van der Waals surface area contributed by atoms with Crippen molar-refractivity contribution in [2.75, 3.05) is 10.6 Å². The predicted molar refractivity (Wildman–Crippen MR) is 105 cm³/mol. The molecule has 0 radical (unpaired) electrons. The average Bonchev–Trinajstić information content (AvgIpc) is 3.26. The molecule has 4 N–H and O–H groups in total. The summed E-state index contributed by atoms with van der Waals surface area (Å²) in [5.41, 5.74) is 7.57. The topological polar surface area (TPSA) is 119 Å². The third kappa shape index (κ3) is 4.19. The van der Waals surface area contributed by atoms with Crippen molar-refractivity contribution < 1.29 is 13.6 Å². The van der Waals surface area contributed by atoms with E-state index in [0.29, 0.717) is 22.8 Å². The highest BCUT2D eigenvalue weighted by Gasteiger charge is 2.10. The molecule has 0 bridgehead atoms. The van der Waals surface area contributed by atoms with Crippen molar-refractivity contribution in [1.29, 1.82) is 0 Å². The molecule has 144 valence electrons. The number of carbonyl (C=O) groups excluding carboxylic acids is 1. The molecule has 29 heavy (non-hydrogen) atoms. The van der Waals surface area contributed by atoms with Gasteiger partial charge in [0.05, 0.1) is 12.4 Å². The van der Waals surface area contributed by atoms with E-state index in [1.54, 1.807) is 48.7 Å². The summed E-state index contributed by atoms with van der Waals surface area (Å²) in [7, 11) is 0. The Morgan fingerprint density at radius 1 is 1.03 bits per heavy atom. The lowest BCUT2D eigenvalue weighted by atomic mass is 10.2. The Hall–Kier alpha value is -4.27. The molecule has 4 rings (SSSR count). The van der Waals surface area contributed by atoms with E-state index in [9.17, 15) is 9.18 Å². The monoisotopic (exact) mass is 390 g/mol. The van der Waals surface area contributed by atoms with E-state index >= 15 is 0 Å². The Kier molecular flexibility index (Phi) is 4.85. The van der Waals surface area contributed by atoms with E-state index in [1.165, 1.54) is 6.26 Å². The number of carbonyl (C=O) groups is 1. The Morgan fingerprint density at radius 2 is 1.86 bits per heavy atom. The number of anilines is 4. The maximum absolute atomic E-state index is 14.2. The molecule has 0 aliphatic carbocycles. The number of nitrogens with two attached hydrogens (primary N) is 1. The van der Waals surface area contributed by atoms with Crippen LogP contribution in [0.5, 0.6) is 0 Å². The SMILES string of the molecule is NC(=O)c1ccc(Nc2ncc(F)c(Nc3cccc(-c4ncco4)c3)n2)cc1. The first kappa shape index (κ1) is 18.1. The fourth-order valence-electron chi connectivity index (χ4n) is 2.59. The molecule has 4 aromatic rings. The third-order valence-corrected chi connectivity index (χ3v) is 3.97. The zero-order valence-electron chi connectivity index (χ0n) is 15.0. The summed E-state index contributed by atoms with van der Waals surface area (Å²) in [5, 5.41) is 5.88. The van der Waals surface area contributed by atoms with Crippen molar-refractivity contribution in [3.05, 3.63) is 78.6 Å². The number of hydrogen-bond donors (Lipinski definition) is 3. The number of aromatic nitrogens is 3. The zero-order chi connectivity index (χ0) is 20.2. The molecular weight excluding hydrogens is 375 g/mol. The summed E-state index contributed by atoms with van der Waals surface area (Å²) in [4.78, 5) is 23.4. The molecule has 8 nitrogen and oxygen atoms in total. The number of nitrogens with one attached hydrogen (secondary N) is 2. The minimum atomic E-state index is -0.610. The van der Waals surface area contributed by atoms with Gasteiger partial charge in [0, 0.05) is 22.5 Å². The summed E-state index contributed by atoms with van der Waals surface area (Å²) in [6.07, 6.45) is 4.09. The fourth-order valence-corrected chi connectivity index (χ4v) is 2.59. The molecule has 0 saturated heterocycles. The van der Waals surface area contributed by atoms with Crippen LogP contribution in [0, 0.1) is 5.82 Å². The van der Waals surface area contributed by atoms with Gasteiger partial charge in [-0.3, -0.25) is 4.79 Å². The van der Waals surface area contributed by atoms with Crippen molar-refractivity contribution in [3.63, 3.8) is 0 Å². The third-order valence-electron chi connectivity index (χ3n) is 3.97. The van der Waals surface area contributed by atoms with Gasteiger partial charge < -0.3 is 20.8 Å². The largest absolute Gasteiger partial charge is 0.445 e. The standard InChI is InChI=1S/C20H15FN6O2/c21-16-11-24-20(26-14-6-4-12(5-7-14)17(22)28)27-18(16)25-15-3-1-2-13(10-15)19-23-8-9-29-19/h1-11H,(H2,22,28)(H2,24,25,26,27). The van der Waals surface area contributed by atoms with Crippen molar-refractivity contribution in [2.45, 2.75) is 0 Å². The lowest BCUT2D eigenvalue weighted by Gasteiger charge is -2.10. The first-order valence-electron chi connectivity index (χ1n) is 8.55. The molecule has 9 heteroatoms. The Bertz CT molecular complexity index is 1150. The van der Waals surface area contributed by atoms with Crippen LogP contribution in [0.15, 0.2) is 71.6 Å².